The van der Waals surface area contributed by atoms with Crippen molar-refractivity contribution in [1.29, 1.82) is 0 Å². The van der Waals surface area contributed by atoms with E-state index in [0.717, 1.165) is 33.4 Å². The smallest absolute Gasteiger partial charge is 0.170 e. The SMILES string of the molecule is CC1(C)c2ccccc2-c2c(-c3c(F)c(F)c(-c4cccc5c4-c4ccccc4C5(C)C)c(F)c3F)cccc21. The van der Waals surface area contributed by atoms with Crippen LogP contribution < -0.4 is 0 Å². The maximum atomic E-state index is 16.1. The maximum absolute atomic E-state index is 16.1. The van der Waals surface area contributed by atoms with Crippen molar-refractivity contribution in [3.05, 3.63) is 130 Å². The molecule has 0 heterocycles. The lowest BCUT2D eigenvalue weighted by atomic mass is 9.81. The average molecular weight is 535 g/mol. The van der Waals surface area contributed by atoms with E-state index in [1.165, 1.54) is 12.1 Å². The van der Waals surface area contributed by atoms with Crippen LogP contribution in [-0.4, -0.2) is 0 Å². The quantitative estimate of drug-likeness (QED) is 0.156. The number of halogens is 4. The third kappa shape index (κ3) is 3.02. The van der Waals surface area contributed by atoms with Crippen molar-refractivity contribution >= 4 is 0 Å². The summed E-state index contributed by atoms with van der Waals surface area (Å²) in [6.07, 6.45) is 0. The van der Waals surface area contributed by atoms with Gasteiger partial charge in [0.15, 0.2) is 23.3 Å². The van der Waals surface area contributed by atoms with Crippen molar-refractivity contribution in [3.63, 3.8) is 0 Å². The van der Waals surface area contributed by atoms with Crippen LogP contribution in [0.25, 0.3) is 44.5 Å². The van der Waals surface area contributed by atoms with Gasteiger partial charge in [0.05, 0.1) is 11.1 Å². The zero-order valence-corrected chi connectivity index (χ0v) is 22.6. The van der Waals surface area contributed by atoms with E-state index in [4.69, 9.17) is 0 Å². The van der Waals surface area contributed by atoms with Gasteiger partial charge in [-0.15, -0.1) is 0 Å². The van der Waals surface area contributed by atoms with Gasteiger partial charge < -0.3 is 0 Å². The fourth-order valence-electron chi connectivity index (χ4n) is 7.03. The standard InChI is InChI=1S/C36H26F4/c1-35(2)23-15-7-5-11-19(23)27-21(13-9-17-25(27)35)29-31(37)33(39)30(34(40)32(29)38)22-14-10-18-26-28(22)20-12-6-8-16-24(20)36(26,3)4/h5-18H,1-4H3. The topological polar surface area (TPSA) is 0 Å². The summed E-state index contributed by atoms with van der Waals surface area (Å²) in [5.74, 6) is -5.58. The number of rotatable bonds is 2. The Bertz CT molecular complexity index is 1730. The molecule has 2 aliphatic carbocycles. The first-order valence-electron chi connectivity index (χ1n) is 13.4. The Labute approximate surface area is 230 Å². The summed E-state index contributed by atoms with van der Waals surface area (Å²) in [5.41, 5.74) is 4.56. The second-order valence-corrected chi connectivity index (χ2v) is 11.8. The molecule has 7 rings (SSSR count). The second kappa shape index (κ2) is 8.17. The Morgan fingerprint density at radius 2 is 0.650 bits per heavy atom. The molecule has 2 aliphatic rings. The largest absolute Gasteiger partial charge is 0.203 e. The molecule has 40 heavy (non-hydrogen) atoms. The molecule has 198 valence electrons. The fraction of sp³-hybridized carbons (Fsp3) is 0.167. The Balaban J connectivity index is 1.51. The molecule has 0 spiro atoms. The van der Waals surface area contributed by atoms with Crippen molar-refractivity contribution < 1.29 is 17.6 Å². The zero-order valence-electron chi connectivity index (χ0n) is 22.6. The summed E-state index contributed by atoms with van der Waals surface area (Å²) < 4.78 is 64.5. The zero-order chi connectivity index (χ0) is 28.1. The van der Waals surface area contributed by atoms with Crippen LogP contribution in [-0.2, 0) is 10.8 Å². The molecular weight excluding hydrogens is 508 g/mol. The highest BCUT2D eigenvalue weighted by atomic mass is 19.2. The number of hydrogen-bond acceptors (Lipinski definition) is 0. The molecule has 0 saturated carbocycles. The summed E-state index contributed by atoms with van der Waals surface area (Å²) in [6, 6.07) is 25.5. The van der Waals surface area contributed by atoms with Crippen molar-refractivity contribution in [1.82, 2.24) is 0 Å². The first kappa shape index (κ1) is 24.8. The van der Waals surface area contributed by atoms with Crippen LogP contribution in [0.2, 0.25) is 0 Å². The van der Waals surface area contributed by atoms with Crippen molar-refractivity contribution in [2.75, 3.05) is 0 Å². The van der Waals surface area contributed by atoms with E-state index in [9.17, 15) is 0 Å². The molecular formula is C36H26F4. The summed E-state index contributed by atoms with van der Waals surface area (Å²) in [4.78, 5) is 0. The predicted molar refractivity (Wildman–Crippen MR) is 152 cm³/mol. The van der Waals surface area contributed by atoms with Crippen LogP contribution in [0.1, 0.15) is 49.9 Å². The molecule has 0 aliphatic heterocycles. The first-order chi connectivity index (χ1) is 19.1. The molecule has 4 heteroatoms. The van der Waals surface area contributed by atoms with Crippen molar-refractivity contribution in [2.24, 2.45) is 0 Å². The van der Waals surface area contributed by atoms with Crippen LogP contribution in [0.15, 0.2) is 84.9 Å². The summed E-state index contributed by atoms with van der Waals surface area (Å²) >= 11 is 0. The van der Waals surface area contributed by atoms with E-state index in [0.29, 0.717) is 11.1 Å². The van der Waals surface area contributed by atoms with Gasteiger partial charge in [0, 0.05) is 10.8 Å². The van der Waals surface area contributed by atoms with E-state index < -0.39 is 45.2 Å². The van der Waals surface area contributed by atoms with E-state index in [-0.39, 0.29) is 11.1 Å². The highest BCUT2D eigenvalue weighted by Gasteiger charge is 2.40. The molecule has 5 aromatic carbocycles. The fourth-order valence-corrected chi connectivity index (χ4v) is 7.03. The lowest BCUT2D eigenvalue weighted by Crippen LogP contribution is -2.15. The van der Waals surface area contributed by atoms with E-state index in [2.05, 4.69) is 0 Å². The highest BCUT2D eigenvalue weighted by Crippen LogP contribution is 2.55. The van der Waals surface area contributed by atoms with Crippen LogP contribution in [0.5, 0.6) is 0 Å². The van der Waals surface area contributed by atoms with Crippen LogP contribution >= 0.6 is 0 Å². The Hall–Kier alpha value is -4.18. The normalized spacial score (nSPS) is 15.4. The molecule has 0 radical (unpaired) electrons. The van der Waals surface area contributed by atoms with Gasteiger partial charge in [-0.1, -0.05) is 113 Å². The van der Waals surface area contributed by atoms with Crippen molar-refractivity contribution in [2.45, 2.75) is 38.5 Å². The Morgan fingerprint density at radius 3 is 1.02 bits per heavy atom. The lowest BCUT2D eigenvalue weighted by Gasteiger charge is -2.22. The minimum absolute atomic E-state index is 0.139. The van der Waals surface area contributed by atoms with Crippen LogP contribution in [0, 0.1) is 23.3 Å². The second-order valence-electron chi connectivity index (χ2n) is 11.8. The summed E-state index contributed by atoms with van der Waals surface area (Å²) in [5, 5.41) is 0. The van der Waals surface area contributed by atoms with Crippen molar-refractivity contribution in [3.8, 4) is 44.5 Å². The lowest BCUT2D eigenvalue weighted by molar-refractivity contribution is 0.463. The van der Waals surface area contributed by atoms with Gasteiger partial charge in [-0.25, -0.2) is 17.6 Å². The maximum Gasteiger partial charge on any atom is 0.170 e. The number of benzene rings is 5. The number of hydrogen-bond donors (Lipinski definition) is 0. The molecule has 0 saturated heterocycles. The molecule has 0 unspecified atom stereocenters. The molecule has 0 fully saturated rings. The van der Waals surface area contributed by atoms with Gasteiger partial charge in [-0.3, -0.25) is 0 Å². The molecule has 0 bridgehead atoms. The van der Waals surface area contributed by atoms with Gasteiger partial charge in [-0.2, -0.15) is 0 Å². The molecule has 0 aromatic heterocycles. The average Bonchev–Trinajstić information content (AvgIpc) is 3.33. The molecule has 5 aromatic rings. The Kier molecular flexibility index (Phi) is 5.07. The minimum Gasteiger partial charge on any atom is -0.203 e. The third-order valence-electron chi connectivity index (χ3n) is 9.02. The molecule has 0 atom stereocenters. The van der Waals surface area contributed by atoms with Gasteiger partial charge >= 0.3 is 0 Å². The van der Waals surface area contributed by atoms with E-state index in [1.807, 2.05) is 88.4 Å². The predicted octanol–water partition coefficient (Wildman–Crippen LogP) is 10.2. The first-order valence-corrected chi connectivity index (χ1v) is 13.4. The van der Waals surface area contributed by atoms with E-state index in [1.54, 1.807) is 12.1 Å². The molecule has 0 N–H and O–H groups in total. The third-order valence-corrected chi connectivity index (χ3v) is 9.02. The van der Waals surface area contributed by atoms with E-state index >= 15 is 17.6 Å². The summed E-state index contributed by atoms with van der Waals surface area (Å²) in [7, 11) is 0. The van der Waals surface area contributed by atoms with Gasteiger partial charge in [0.25, 0.3) is 0 Å². The van der Waals surface area contributed by atoms with Gasteiger partial charge in [-0.05, 0) is 55.6 Å². The molecule has 0 amide bonds. The Morgan fingerprint density at radius 1 is 0.350 bits per heavy atom. The number of fused-ring (bicyclic) bond motifs is 6. The molecule has 0 nitrogen and oxygen atoms in total. The monoisotopic (exact) mass is 534 g/mol. The highest BCUT2D eigenvalue weighted by molar-refractivity contribution is 5.95. The van der Waals surface area contributed by atoms with Gasteiger partial charge in [0.1, 0.15) is 0 Å². The minimum atomic E-state index is -1.40. The van der Waals surface area contributed by atoms with Crippen LogP contribution in [0.4, 0.5) is 17.6 Å². The van der Waals surface area contributed by atoms with Crippen LogP contribution in [0.3, 0.4) is 0 Å². The van der Waals surface area contributed by atoms with Gasteiger partial charge in [0.2, 0.25) is 0 Å². The summed E-state index contributed by atoms with van der Waals surface area (Å²) in [6.45, 7) is 8.14.